The van der Waals surface area contributed by atoms with Crippen molar-refractivity contribution in [2.45, 2.75) is 20.4 Å². The molecule has 3 rings (SSSR count). The molecule has 0 unspecified atom stereocenters. The number of hydrogen-bond donors (Lipinski definition) is 1. The number of nitrogens with zero attached hydrogens (tertiary/aromatic N) is 2. The van der Waals surface area contributed by atoms with Gasteiger partial charge in [0.15, 0.2) is 0 Å². The number of nitrogens with one attached hydrogen (secondary N) is 1. The highest BCUT2D eigenvalue weighted by Gasteiger charge is 2.16. The highest BCUT2D eigenvalue weighted by Crippen LogP contribution is 2.23. The minimum Gasteiger partial charge on any atom is -0.497 e. The van der Waals surface area contributed by atoms with Gasteiger partial charge in [-0.1, -0.05) is 6.07 Å². The third-order valence-electron chi connectivity index (χ3n) is 4.47. The third kappa shape index (κ3) is 3.95. The van der Waals surface area contributed by atoms with Crippen LogP contribution in [0.4, 0.5) is 0 Å². The summed E-state index contributed by atoms with van der Waals surface area (Å²) in [7, 11) is 3.21. The quantitative estimate of drug-likeness (QED) is 0.727. The zero-order valence-electron chi connectivity index (χ0n) is 15.9. The van der Waals surface area contributed by atoms with Gasteiger partial charge in [0.1, 0.15) is 5.75 Å². The van der Waals surface area contributed by atoms with Gasteiger partial charge < -0.3 is 19.4 Å². The van der Waals surface area contributed by atoms with E-state index in [1.807, 2.05) is 50.2 Å². The first kappa shape index (κ1) is 18.5. The number of ether oxygens (including phenoxy) is 2. The second-order valence-electron chi connectivity index (χ2n) is 6.21. The van der Waals surface area contributed by atoms with Crippen molar-refractivity contribution in [1.29, 1.82) is 0 Å². The van der Waals surface area contributed by atoms with Crippen LogP contribution in [0, 0.1) is 13.8 Å². The molecule has 0 aliphatic rings. The number of aryl methyl sites for hydroxylation is 1. The molecule has 140 valence electrons. The number of pyridine rings is 1. The maximum atomic E-state index is 12.7. The number of aromatic nitrogens is 2. The largest absolute Gasteiger partial charge is 0.497 e. The van der Waals surface area contributed by atoms with Crippen LogP contribution in [-0.4, -0.2) is 29.7 Å². The first-order valence-corrected chi connectivity index (χ1v) is 8.64. The summed E-state index contributed by atoms with van der Waals surface area (Å²) < 4.78 is 12.3. The van der Waals surface area contributed by atoms with Crippen LogP contribution in [0.5, 0.6) is 11.6 Å². The van der Waals surface area contributed by atoms with Gasteiger partial charge in [-0.3, -0.25) is 4.79 Å². The average Bonchev–Trinajstić information content (AvgIpc) is 3.00. The molecule has 0 aliphatic carbocycles. The van der Waals surface area contributed by atoms with Gasteiger partial charge in [0.05, 0.1) is 19.8 Å². The summed E-state index contributed by atoms with van der Waals surface area (Å²) in [5.74, 6) is 1.24. The fraction of sp³-hybridized carbons (Fsp3) is 0.238. The summed E-state index contributed by atoms with van der Waals surface area (Å²) in [6, 6.07) is 13.3. The molecule has 2 aromatic heterocycles. The number of carbonyl (C=O) groups excluding carboxylic acids is 1. The standard InChI is InChI=1S/C21H23N3O3/c1-14-11-19(15(2)24(14)17-6-8-18(26-3)9-7-17)21(25)23-13-16-5-10-20(27-4)22-12-16/h5-12H,13H2,1-4H3,(H,23,25). The predicted octanol–water partition coefficient (Wildman–Crippen LogP) is 3.44. The van der Waals surface area contributed by atoms with Crippen molar-refractivity contribution in [3.63, 3.8) is 0 Å². The van der Waals surface area contributed by atoms with E-state index in [2.05, 4.69) is 14.9 Å². The highest BCUT2D eigenvalue weighted by atomic mass is 16.5. The summed E-state index contributed by atoms with van der Waals surface area (Å²) in [6.07, 6.45) is 1.69. The Bertz CT molecular complexity index is 929. The third-order valence-corrected chi connectivity index (χ3v) is 4.47. The van der Waals surface area contributed by atoms with Crippen LogP contribution >= 0.6 is 0 Å². The summed E-state index contributed by atoms with van der Waals surface area (Å²) in [5.41, 5.74) is 4.44. The molecule has 0 radical (unpaired) electrons. The van der Waals surface area contributed by atoms with Crippen molar-refractivity contribution in [2.75, 3.05) is 14.2 Å². The normalized spacial score (nSPS) is 10.5. The Balaban J connectivity index is 1.76. The van der Waals surface area contributed by atoms with Crippen LogP contribution in [-0.2, 0) is 6.54 Å². The Morgan fingerprint density at radius 3 is 2.41 bits per heavy atom. The van der Waals surface area contributed by atoms with E-state index in [1.165, 1.54) is 0 Å². The van der Waals surface area contributed by atoms with Gasteiger partial charge in [-0.25, -0.2) is 4.98 Å². The van der Waals surface area contributed by atoms with Gasteiger partial charge in [0.2, 0.25) is 5.88 Å². The summed E-state index contributed by atoms with van der Waals surface area (Å²) >= 11 is 0. The Hall–Kier alpha value is -3.28. The maximum Gasteiger partial charge on any atom is 0.253 e. The number of rotatable bonds is 6. The molecule has 0 spiro atoms. The molecule has 1 amide bonds. The molecule has 0 atom stereocenters. The molecular formula is C21H23N3O3. The van der Waals surface area contributed by atoms with E-state index >= 15 is 0 Å². The van der Waals surface area contributed by atoms with Gasteiger partial charge >= 0.3 is 0 Å². The molecule has 3 aromatic rings. The van der Waals surface area contributed by atoms with Gasteiger partial charge in [-0.05, 0) is 49.7 Å². The van der Waals surface area contributed by atoms with E-state index < -0.39 is 0 Å². The zero-order valence-corrected chi connectivity index (χ0v) is 15.9. The van der Waals surface area contributed by atoms with Crippen LogP contribution in [0.3, 0.4) is 0 Å². The lowest BCUT2D eigenvalue weighted by molar-refractivity contribution is 0.0950. The van der Waals surface area contributed by atoms with Crippen molar-refractivity contribution in [1.82, 2.24) is 14.9 Å². The lowest BCUT2D eigenvalue weighted by Gasteiger charge is -2.11. The summed E-state index contributed by atoms with van der Waals surface area (Å²) in [5, 5.41) is 2.95. The number of hydrogen-bond acceptors (Lipinski definition) is 4. The van der Waals surface area contributed by atoms with E-state index in [-0.39, 0.29) is 5.91 Å². The number of amides is 1. The lowest BCUT2D eigenvalue weighted by atomic mass is 10.2. The number of carbonyl (C=O) groups is 1. The molecular weight excluding hydrogens is 342 g/mol. The zero-order chi connectivity index (χ0) is 19.4. The minimum atomic E-state index is -0.112. The molecule has 0 fully saturated rings. The number of methoxy groups -OCH3 is 2. The SMILES string of the molecule is COc1ccc(-n2c(C)cc(C(=O)NCc3ccc(OC)nc3)c2C)cc1. The molecule has 6 heteroatoms. The maximum absolute atomic E-state index is 12.7. The van der Waals surface area contributed by atoms with E-state index in [4.69, 9.17) is 9.47 Å². The minimum absolute atomic E-state index is 0.112. The van der Waals surface area contributed by atoms with Crippen LogP contribution in [0.15, 0.2) is 48.7 Å². The average molecular weight is 365 g/mol. The van der Waals surface area contributed by atoms with Gasteiger partial charge in [-0.15, -0.1) is 0 Å². The fourth-order valence-corrected chi connectivity index (χ4v) is 3.04. The Morgan fingerprint density at radius 1 is 1.07 bits per heavy atom. The van der Waals surface area contributed by atoms with Gasteiger partial charge in [0.25, 0.3) is 5.91 Å². The molecule has 0 bridgehead atoms. The lowest BCUT2D eigenvalue weighted by Crippen LogP contribution is -2.23. The van der Waals surface area contributed by atoms with Gasteiger partial charge in [0, 0.05) is 35.9 Å². The molecule has 6 nitrogen and oxygen atoms in total. The molecule has 0 aliphatic heterocycles. The summed E-state index contributed by atoms with van der Waals surface area (Å²) in [4.78, 5) is 16.8. The first-order chi connectivity index (χ1) is 13.0. The van der Waals surface area contributed by atoms with Crippen LogP contribution in [0.2, 0.25) is 0 Å². The first-order valence-electron chi connectivity index (χ1n) is 8.64. The molecule has 1 N–H and O–H groups in total. The number of benzene rings is 1. The smallest absolute Gasteiger partial charge is 0.253 e. The Kier molecular flexibility index (Phi) is 5.45. The van der Waals surface area contributed by atoms with E-state index in [1.54, 1.807) is 26.5 Å². The Morgan fingerprint density at radius 2 is 1.81 bits per heavy atom. The molecule has 27 heavy (non-hydrogen) atoms. The molecule has 0 saturated carbocycles. The molecule has 2 heterocycles. The Labute approximate surface area is 158 Å². The second-order valence-corrected chi connectivity index (χ2v) is 6.21. The molecule has 0 saturated heterocycles. The molecule has 1 aromatic carbocycles. The topological polar surface area (TPSA) is 65.4 Å². The van der Waals surface area contributed by atoms with Crippen LogP contribution in [0.1, 0.15) is 27.3 Å². The predicted molar refractivity (Wildman–Crippen MR) is 104 cm³/mol. The second kappa shape index (κ2) is 7.95. The van der Waals surface area contributed by atoms with E-state index in [9.17, 15) is 4.79 Å². The van der Waals surface area contributed by atoms with Crippen molar-refractivity contribution < 1.29 is 14.3 Å². The van der Waals surface area contributed by atoms with E-state index in [0.717, 1.165) is 28.4 Å². The van der Waals surface area contributed by atoms with Crippen molar-refractivity contribution >= 4 is 5.91 Å². The van der Waals surface area contributed by atoms with Crippen molar-refractivity contribution in [2.24, 2.45) is 0 Å². The van der Waals surface area contributed by atoms with E-state index in [0.29, 0.717) is 18.0 Å². The van der Waals surface area contributed by atoms with Crippen LogP contribution in [0.25, 0.3) is 5.69 Å². The van der Waals surface area contributed by atoms with Crippen molar-refractivity contribution in [3.05, 3.63) is 71.2 Å². The van der Waals surface area contributed by atoms with Crippen molar-refractivity contribution in [3.8, 4) is 17.3 Å². The highest BCUT2D eigenvalue weighted by molar-refractivity contribution is 5.95. The van der Waals surface area contributed by atoms with Gasteiger partial charge in [-0.2, -0.15) is 0 Å². The van der Waals surface area contributed by atoms with Crippen LogP contribution < -0.4 is 14.8 Å². The monoisotopic (exact) mass is 365 g/mol. The fourth-order valence-electron chi connectivity index (χ4n) is 3.04. The summed E-state index contributed by atoms with van der Waals surface area (Å²) in [6.45, 7) is 4.34.